The summed E-state index contributed by atoms with van der Waals surface area (Å²) in [4.78, 5) is 42.4. The second-order valence-electron chi connectivity index (χ2n) is 8.85. The molecular weight excluding hydrogens is 414 g/mol. The number of carbonyl (C=O) groups excluding carboxylic acids is 2. The lowest BCUT2D eigenvalue weighted by atomic mass is 9.97. The van der Waals surface area contributed by atoms with Crippen molar-refractivity contribution in [1.82, 2.24) is 14.9 Å². The van der Waals surface area contributed by atoms with Gasteiger partial charge in [-0.1, -0.05) is 44.2 Å². The van der Waals surface area contributed by atoms with E-state index in [4.69, 9.17) is 0 Å². The van der Waals surface area contributed by atoms with Crippen molar-refractivity contribution in [3.05, 3.63) is 88.5 Å². The standard InChI is InChI=1S/C27H31N3O3/c1-18(2)15-25(30-14-8-7-11-26(30)32)27(33)29-23(16-20(4)31)21-12-13-28-24(17-21)22-10-6-5-9-19(22)3/h5-14,17-18,23,25H,15-16H2,1-4H3,(H,29,33)/t23-,25-/m0/s1. The monoisotopic (exact) mass is 445 g/mol. The Hall–Kier alpha value is -3.54. The Bertz CT molecular complexity index is 1180. The Labute approximate surface area is 194 Å². The van der Waals surface area contributed by atoms with Gasteiger partial charge in [-0.2, -0.15) is 0 Å². The lowest BCUT2D eigenvalue weighted by molar-refractivity contribution is -0.126. The topological polar surface area (TPSA) is 81.1 Å². The van der Waals surface area contributed by atoms with E-state index in [1.165, 1.54) is 17.6 Å². The predicted molar refractivity (Wildman–Crippen MR) is 130 cm³/mol. The summed E-state index contributed by atoms with van der Waals surface area (Å²) in [6.07, 6.45) is 4.00. The highest BCUT2D eigenvalue weighted by Gasteiger charge is 2.26. The minimum absolute atomic E-state index is 0.0353. The van der Waals surface area contributed by atoms with Crippen LogP contribution in [0.4, 0.5) is 0 Å². The van der Waals surface area contributed by atoms with E-state index in [0.717, 1.165) is 22.4 Å². The largest absolute Gasteiger partial charge is 0.347 e. The van der Waals surface area contributed by atoms with E-state index in [2.05, 4.69) is 10.3 Å². The van der Waals surface area contributed by atoms with Gasteiger partial charge in [0.1, 0.15) is 11.8 Å². The number of ketones is 1. The van der Waals surface area contributed by atoms with Gasteiger partial charge in [0.2, 0.25) is 5.91 Å². The van der Waals surface area contributed by atoms with Crippen molar-refractivity contribution < 1.29 is 9.59 Å². The van der Waals surface area contributed by atoms with E-state index >= 15 is 0 Å². The molecule has 0 aliphatic rings. The van der Waals surface area contributed by atoms with Gasteiger partial charge in [-0.15, -0.1) is 0 Å². The number of nitrogens with zero attached hydrogens (tertiary/aromatic N) is 2. The van der Waals surface area contributed by atoms with E-state index in [0.29, 0.717) is 6.42 Å². The molecule has 0 radical (unpaired) electrons. The first-order valence-electron chi connectivity index (χ1n) is 11.2. The van der Waals surface area contributed by atoms with Crippen LogP contribution in [0.1, 0.15) is 56.8 Å². The molecule has 0 spiro atoms. The Kier molecular flexibility index (Phi) is 7.93. The molecule has 172 valence electrons. The summed E-state index contributed by atoms with van der Waals surface area (Å²) in [5.41, 5.74) is 3.45. The molecule has 0 saturated heterocycles. The van der Waals surface area contributed by atoms with Crippen molar-refractivity contribution in [3.63, 3.8) is 0 Å². The molecule has 0 aliphatic heterocycles. The fourth-order valence-corrected chi connectivity index (χ4v) is 3.97. The molecule has 6 nitrogen and oxygen atoms in total. The molecular formula is C27H31N3O3. The second-order valence-corrected chi connectivity index (χ2v) is 8.85. The van der Waals surface area contributed by atoms with Crippen molar-refractivity contribution in [2.45, 2.75) is 52.6 Å². The second kappa shape index (κ2) is 10.9. The number of aromatic nitrogens is 2. The van der Waals surface area contributed by atoms with E-state index < -0.39 is 12.1 Å². The number of pyridine rings is 2. The van der Waals surface area contributed by atoms with Gasteiger partial charge < -0.3 is 9.88 Å². The number of rotatable bonds is 9. The lowest BCUT2D eigenvalue weighted by Gasteiger charge is -2.25. The molecule has 2 atom stereocenters. The first-order chi connectivity index (χ1) is 15.8. The maximum absolute atomic E-state index is 13.4. The van der Waals surface area contributed by atoms with Crippen LogP contribution in [-0.4, -0.2) is 21.2 Å². The van der Waals surface area contributed by atoms with Crippen LogP contribution in [0.15, 0.2) is 71.8 Å². The highest BCUT2D eigenvalue weighted by molar-refractivity contribution is 5.82. The van der Waals surface area contributed by atoms with E-state index in [-0.39, 0.29) is 29.6 Å². The quantitative estimate of drug-likeness (QED) is 0.520. The Morgan fingerprint density at radius 2 is 1.79 bits per heavy atom. The van der Waals surface area contributed by atoms with E-state index in [1.807, 2.05) is 57.2 Å². The van der Waals surface area contributed by atoms with Crippen LogP contribution in [0.2, 0.25) is 0 Å². The van der Waals surface area contributed by atoms with Crippen LogP contribution in [0.25, 0.3) is 11.3 Å². The van der Waals surface area contributed by atoms with Crippen molar-refractivity contribution in [3.8, 4) is 11.3 Å². The molecule has 0 unspecified atom stereocenters. The third kappa shape index (κ3) is 6.25. The van der Waals surface area contributed by atoms with Crippen LogP contribution in [0.3, 0.4) is 0 Å². The number of carbonyl (C=O) groups is 2. The average Bonchev–Trinajstić information content (AvgIpc) is 2.77. The van der Waals surface area contributed by atoms with Gasteiger partial charge in [0.05, 0.1) is 11.7 Å². The highest BCUT2D eigenvalue weighted by Crippen LogP contribution is 2.26. The predicted octanol–water partition coefficient (Wildman–Crippen LogP) is 4.64. The molecule has 3 aromatic rings. The van der Waals surface area contributed by atoms with Crippen molar-refractivity contribution in [1.29, 1.82) is 0 Å². The van der Waals surface area contributed by atoms with Crippen LogP contribution in [0.5, 0.6) is 0 Å². The lowest BCUT2D eigenvalue weighted by Crippen LogP contribution is -2.39. The van der Waals surface area contributed by atoms with Gasteiger partial charge >= 0.3 is 0 Å². The summed E-state index contributed by atoms with van der Waals surface area (Å²) in [6, 6.07) is 15.4. The van der Waals surface area contributed by atoms with Gasteiger partial charge in [0.15, 0.2) is 0 Å². The summed E-state index contributed by atoms with van der Waals surface area (Å²) in [6.45, 7) is 7.56. The van der Waals surface area contributed by atoms with Crippen LogP contribution < -0.4 is 10.9 Å². The van der Waals surface area contributed by atoms with Gasteiger partial charge in [0.25, 0.3) is 5.56 Å². The van der Waals surface area contributed by atoms with Crippen LogP contribution in [0, 0.1) is 12.8 Å². The minimum atomic E-state index is -0.661. The highest BCUT2D eigenvalue weighted by atomic mass is 16.2. The molecule has 6 heteroatoms. The first kappa shape index (κ1) is 24.1. The summed E-state index contributed by atoms with van der Waals surface area (Å²) < 4.78 is 1.46. The van der Waals surface area contributed by atoms with Crippen LogP contribution in [-0.2, 0) is 9.59 Å². The number of hydrogen-bond donors (Lipinski definition) is 1. The van der Waals surface area contributed by atoms with E-state index in [1.54, 1.807) is 24.5 Å². The molecule has 0 saturated carbocycles. The fourth-order valence-electron chi connectivity index (χ4n) is 3.97. The molecule has 0 bridgehead atoms. The number of amides is 1. The van der Waals surface area contributed by atoms with Gasteiger partial charge in [-0.05, 0) is 55.5 Å². The van der Waals surface area contributed by atoms with E-state index in [9.17, 15) is 14.4 Å². The molecule has 3 rings (SSSR count). The van der Waals surface area contributed by atoms with Crippen molar-refractivity contribution in [2.24, 2.45) is 5.92 Å². The van der Waals surface area contributed by atoms with Crippen molar-refractivity contribution in [2.75, 3.05) is 0 Å². The van der Waals surface area contributed by atoms with Gasteiger partial charge in [-0.25, -0.2) is 0 Å². The summed E-state index contributed by atoms with van der Waals surface area (Å²) >= 11 is 0. The smallest absolute Gasteiger partial charge is 0.251 e. The Morgan fingerprint density at radius 1 is 1.06 bits per heavy atom. The van der Waals surface area contributed by atoms with Gasteiger partial charge in [-0.3, -0.25) is 19.4 Å². The Morgan fingerprint density at radius 3 is 2.45 bits per heavy atom. The molecule has 2 heterocycles. The molecule has 2 aromatic heterocycles. The number of aryl methyl sites for hydroxylation is 1. The molecule has 1 amide bonds. The third-order valence-corrected chi connectivity index (χ3v) is 5.60. The Balaban J connectivity index is 1.95. The molecule has 0 aliphatic carbocycles. The number of Topliss-reactive ketones (excluding diaryl/α,β-unsaturated/α-hetero) is 1. The fraction of sp³-hybridized carbons (Fsp3) is 0.333. The average molecular weight is 446 g/mol. The number of hydrogen-bond acceptors (Lipinski definition) is 4. The zero-order valence-corrected chi connectivity index (χ0v) is 19.6. The number of nitrogens with one attached hydrogen (secondary N) is 1. The third-order valence-electron chi connectivity index (χ3n) is 5.60. The first-order valence-corrected chi connectivity index (χ1v) is 11.2. The maximum atomic E-state index is 13.4. The zero-order valence-electron chi connectivity index (χ0n) is 19.6. The summed E-state index contributed by atoms with van der Waals surface area (Å²) in [5.74, 6) is -0.114. The normalized spacial score (nSPS) is 12.9. The molecule has 0 fully saturated rings. The molecule has 1 aromatic carbocycles. The summed E-state index contributed by atoms with van der Waals surface area (Å²) in [5, 5.41) is 3.04. The van der Waals surface area contributed by atoms with Crippen LogP contribution >= 0.6 is 0 Å². The SMILES string of the molecule is CC(=O)C[C@H](NC(=O)[C@H](CC(C)C)n1ccccc1=O)c1ccnc(-c2ccccc2C)c1. The molecule has 1 N–H and O–H groups in total. The van der Waals surface area contributed by atoms with Crippen molar-refractivity contribution >= 4 is 11.7 Å². The zero-order chi connectivity index (χ0) is 24.0. The molecule has 33 heavy (non-hydrogen) atoms. The number of benzene rings is 1. The summed E-state index contributed by atoms with van der Waals surface area (Å²) in [7, 11) is 0. The maximum Gasteiger partial charge on any atom is 0.251 e. The van der Waals surface area contributed by atoms with Gasteiger partial charge in [0, 0.05) is 30.4 Å². The minimum Gasteiger partial charge on any atom is -0.347 e.